The Bertz CT molecular complexity index is 920. The molecule has 9 heteroatoms. The molecule has 3 aromatic rings. The van der Waals surface area contributed by atoms with E-state index in [2.05, 4.69) is 35.2 Å². The summed E-state index contributed by atoms with van der Waals surface area (Å²) in [6.07, 6.45) is 3.21. The number of carbonyl (C=O) groups is 1. The van der Waals surface area contributed by atoms with Crippen LogP contribution in [0.4, 0.5) is 17.5 Å². The Morgan fingerprint density at radius 2 is 1.81 bits per heavy atom. The largest absolute Gasteiger partial charge is 0.360 e. The SMILES string of the molecule is Cc1cc(NC(=O)c2cc(N3CCN(c4ccccn4)CC3)ncn2)no1. The molecule has 3 aromatic heterocycles. The van der Waals surface area contributed by atoms with Gasteiger partial charge in [-0.25, -0.2) is 15.0 Å². The standard InChI is InChI=1S/C18H19N7O2/c1-13-10-15(23-27-13)22-18(26)14-11-17(21-12-20-14)25-8-6-24(7-9-25)16-4-2-3-5-19-16/h2-5,10-12H,6-9H2,1H3,(H,22,23,26). The number of piperazine rings is 1. The van der Waals surface area contributed by atoms with Crippen molar-refractivity contribution >= 4 is 23.4 Å². The molecule has 138 valence electrons. The number of hydrogen-bond acceptors (Lipinski definition) is 8. The van der Waals surface area contributed by atoms with Crippen LogP contribution >= 0.6 is 0 Å². The average Bonchev–Trinajstić information content (AvgIpc) is 3.13. The van der Waals surface area contributed by atoms with E-state index in [1.54, 1.807) is 25.3 Å². The highest BCUT2D eigenvalue weighted by Gasteiger charge is 2.20. The van der Waals surface area contributed by atoms with Gasteiger partial charge < -0.3 is 19.6 Å². The summed E-state index contributed by atoms with van der Waals surface area (Å²) < 4.78 is 4.95. The van der Waals surface area contributed by atoms with Gasteiger partial charge in [0, 0.05) is 44.5 Å². The van der Waals surface area contributed by atoms with Crippen molar-refractivity contribution in [3.63, 3.8) is 0 Å². The van der Waals surface area contributed by atoms with Gasteiger partial charge >= 0.3 is 0 Å². The maximum absolute atomic E-state index is 12.4. The first kappa shape index (κ1) is 17.0. The zero-order valence-electron chi connectivity index (χ0n) is 14.9. The normalized spacial score (nSPS) is 14.3. The number of anilines is 3. The van der Waals surface area contributed by atoms with Gasteiger partial charge in [0.05, 0.1) is 0 Å². The summed E-state index contributed by atoms with van der Waals surface area (Å²) >= 11 is 0. The van der Waals surface area contributed by atoms with Gasteiger partial charge in [0.1, 0.15) is 29.4 Å². The van der Waals surface area contributed by atoms with Crippen molar-refractivity contribution in [2.75, 3.05) is 41.3 Å². The first-order chi connectivity index (χ1) is 13.2. The Hall–Kier alpha value is -3.49. The molecular weight excluding hydrogens is 346 g/mol. The lowest BCUT2D eigenvalue weighted by atomic mass is 10.2. The monoisotopic (exact) mass is 365 g/mol. The molecule has 1 saturated heterocycles. The summed E-state index contributed by atoms with van der Waals surface area (Å²) in [5.41, 5.74) is 0.285. The maximum Gasteiger partial charge on any atom is 0.275 e. The van der Waals surface area contributed by atoms with Crippen LogP contribution in [-0.4, -0.2) is 52.2 Å². The van der Waals surface area contributed by atoms with E-state index in [-0.39, 0.29) is 11.6 Å². The van der Waals surface area contributed by atoms with Crippen molar-refractivity contribution in [2.24, 2.45) is 0 Å². The molecule has 1 N–H and O–H groups in total. The maximum atomic E-state index is 12.4. The molecule has 4 heterocycles. The first-order valence-corrected chi connectivity index (χ1v) is 8.67. The Morgan fingerprint density at radius 3 is 2.48 bits per heavy atom. The van der Waals surface area contributed by atoms with Gasteiger partial charge in [0.2, 0.25) is 0 Å². The summed E-state index contributed by atoms with van der Waals surface area (Å²) in [5, 5.41) is 6.43. The lowest BCUT2D eigenvalue weighted by molar-refractivity contribution is 0.102. The van der Waals surface area contributed by atoms with Crippen LogP contribution in [0.5, 0.6) is 0 Å². The Kier molecular flexibility index (Phi) is 4.65. The van der Waals surface area contributed by atoms with Crippen molar-refractivity contribution in [2.45, 2.75) is 6.92 Å². The minimum absolute atomic E-state index is 0.285. The third-order valence-electron chi connectivity index (χ3n) is 4.33. The van der Waals surface area contributed by atoms with Crippen LogP contribution in [0.2, 0.25) is 0 Å². The van der Waals surface area contributed by atoms with E-state index in [0.717, 1.165) is 37.8 Å². The molecule has 1 aliphatic heterocycles. The van der Waals surface area contributed by atoms with E-state index >= 15 is 0 Å². The van der Waals surface area contributed by atoms with Crippen LogP contribution in [0.3, 0.4) is 0 Å². The van der Waals surface area contributed by atoms with Crippen molar-refractivity contribution in [1.82, 2.24) is 20.1 Å². The molecule has 27 heavy (non-hydrogen) atoms. The van der Waals surface area contributed by atoms with Crippen molar-refractivity contribution in [3.05, 3.63) is 54.3 Å². The summed E-state index contributed by atoms with van der Waals surface area (Å²) in [6, 6.07) is 9.25. The number of rotatable bonds is 4. The second-order valence-corrected chi connectivity index (χ2v) is 6.20. The smallest absolute Gasteiger partial charge is 0.275 e. The molecule has 1 fully saturated rings. The van der Waals surface area contributed by atoms with E-state index in [1.807, 2.05) is 18.2 Å². The fourth-order valence-corrected chi connectivity index (χ4v) is 2.96. The van der Waals surface area contributed by atoms with Gasteiger partial charge in [-0.3, -0.25) is 4.79 Å². The number of hydrogen-bond donors (Lipinski definition) is 1. The van der Waals surface area contributed by atoms with Gasteiger partial charge in [0.15, 0.2) is 5.82 Å². The van der Waals surface area contributed by atoms with E-state index in [9.17, 15) is 4.79 Å². The van der Waals surface area contributed by atoms with E-state index in [4.69, 9.17) is 4.52 Å². The van der Waals surface area contributed by atoms with Crippen molar-refractivity contribution in [3.8, 4) is 0 Å². The zero-order chi connectivity index (χ0) is 18.6. The fourth-order valence-electron chi connectivity index (χ4n) is 2.96. The Morgan fingerprint density at radius 1 is 1.04 bits per heavy atom. The highest BCUT2D eigenvalue weighted by atomic mass is 16.5. The zero-order valence-corrected chi connectivity index (χ0v) is 14.9. The minimum Gasteiger partial charge on any atom is -0.360 e. The quantitative estimate of drug-likeness (QED) is 0.746. The van der Waals surface area contributed by atoms with Crippen LogP contribution in [0.1, 0.15) is 16.2 Å². The van der Waals surface area contributed by atoms with E-state index < -0.39 is 0 Å². The van der Waals surface area contributed by atoms with Crippen LogP contribution in [0.25, 0.3) is 0 Å². The molecular formula is C18H19N7O2. The summed E-state index contributed by atoms with van der Waals surface area (Å²) in [5.74, 6) is 2.34. The lowest BCUT2D eigenvalue weighted by Gasteiger charge is -2.36. The number of aromatic nitrogens is 4. The second-order valence-electron chi connectivity index (χ2n) is 6.20. The number of nitrogens with zero attached hydrogens (tertiary/aromatic N) is 6. The molecule has 0 unspecified atom stereocenters. The number of carbonyl (C=O) groups excluding carboxylic acids is 1. The molecule has 0 spiro atoms. The van der Waals surface area contributed by atoms with E-state index in [1.165, 1.54) is 6.33 Å². The molecule has 0 aromatic carbocycles. The third-order valence-corrected chi connectivity index (χ3v) is 4.33. The molecule has 0 aliphatic carbocycles. The topological polar surface area (TPSA) is 100 Å². The number of pyridine rings is 1. The molecule has 0 saturated carbocycles. The van der Waals surface area contributed by atoms with Crippen molar-refractivity contribution < 1.29 is 9.32 Å². The number of aryl methyl sites for hydroxylation is 1. The number of nitrogens with one attached hydrogen (secondary N) is 1. The van der Waals surface area contributed by atoms with Gasteiger partial charge in [-0.05, 0) is 19.1 Å². The van der Waals surface area contributed by atoms with Gasteiger partial charge in [-0.1, -0.05) is 11.2 Å². The van der Waals surface area contributed by atoms with Gasteiger partial charge in [0.25, 0.3) is 5.91 Å². The first-order valence-electron chi connectivity index (χ1n) is 8.67. The van der Waals surface area contributed by atoms with Gasteiger partial charge in [-0.15, -0.1) is 0 Å². The van der Waals surface area contributed by atoms with E-state index in [0.29, 0.717) is 11.6 Å². The molecule has 0 bridgehead atoms. The predicted molar refractivity (Wildman–Crippen MR) is 99.9 cm³/mol. The molecule has 0 radical (unpaired) electrons. The fraction of sp³-hybridized carbons (Fsp3) is 0.278. The van der Waals surface area contributed by atoms with Crippen LogP contribution in [-0.2, 0) is 0 Å². The minimum atomic E-state index is -0.348. The lowest BCUT2D eigenvalue weighted by Crippen LogP contribution is -2.47. The summed E-state index contributed by atoms with van der Waals surface area (Å²) in [6.45, 7) is 5.01. The molecule has 4 rings (SSSR count). The molecule has 1 amide bonds. The highest BCUT2D eigenvalue weighted by molar-refractivity contribution is 6.02. The van der Waals surface area contributed by atoms with Crippen molar-refractivity contribution in [1.29, 1.82) is 0 Å². The van der Waals surface area contributed by atoms with Crippen LogP contribution in [0.15, 0.2) is 47.4 Å². The molecule has 9 nitrogen and oxygen atoms in total. The average molecular weight is 365 g/mol. The Balaban J connectivity index is 1.41. The second kappa shape index (κ2) is 7.40. The Labute approximate surface area is 156 Å². The summed E-state index contributed by atoms with van der Waals surface area (Å²) in [4.78, 5) is 29.5. The molecule has 0 atom stereocenters. The molecule has 1 aliphatic rings. The summed E-state index contributed by atoms with van der Waals surface area (Å²) in [7, 11) is 0. The van der Waals surface area contributed by atoms with Crippen LogP contribution < -0.4 is 15.1 Å². The number of amides is 1. The highest BCUT2D eigenvalue weighted by Crippen LogP contribution is 2.18. The third kappa shape index (κ3) is 3.86. The van der Waals surface area contributed by atoms with Crippen LogP contribution in [0, 0.1) is 6.92 Å². The van der Waals surface area contributed by atoms with Gasteiger partial charge in [-0.2, -0.15) is 0 Å². The predicted octanol–water partition coefficient (Wildman–Crippen LogP) is 1.75.